The van der Waals surface area contributed by atoms with E-state index in [1.165, 1.54) is 0 Å². The Morgan fingerprint density at radius 2 is 1.86 bits per heavy atom. The lowest BCUT2D eigenvalue weighted by atomic mass is 9.72. The van der Waals surface area contributed by atoms with Gasteiger partial charge in [-0.2, -0.15) is 5.10 Å². The highest BCUT2D eigenvalue weighted by molar-refractivity contribution is 5.96. The fraction of sp³-hybridized carbons (Fsp3) is 0.522. The molecule has 2 fully saturated rings. The zero-order valence-corrected chi connectivity index (χ0v) is 17.2. The van der Waals surface area contributed by atoms with Crippen LogP contribution < -0.4 is 0 Å². The molecule has 4 rings (SSSR count). The zero-order chi connectivity index (χ0) is 20.6. The van der Waals surface area contributed by atoms with Crippen LogP contribution in [0.4, 0.5) is 0 Å². The minimum Gasteiger partial charge on any atom is -0.481 e. The molecule has 1 aromatic heterocycles. The number of nitrogens with zero attached hydrogens (tertiary/aromatic N) is 3. The monoisotopic (exact) mass is 395 g/mol. The molecule has 0 radical (unpaired) electrons. The Hall–Kier alpha value is -2.63. The minimum atomic E-state index is -0.918. The van der Waals surface area contributed by atoms with Gasteiger partial charge in [0, 0.05) is 25.0 Å². The summed E-state index contributed by atoms with van der Waals surface area (Å²) in [4.78, 5) is 27.3. The molecule has 0 bridgehead atoms. The van der Waals surface area contributed by atoms with Crippen LogP contribution >= 0.6 is 0 Å². The van der Waals surface area contributed by atoms with Crippen molar-refractivity contribution in [2.45, 2.75) is 63.3 Å². The summed E-state index contributed by atoms with van der Waals surface area (Å²) in [5, 5.41) is 14.5. The van der Waals surface area contributed by atoms with E-state index in [-0.39, 0.29) is 11.9 Å². The molecule has 2 aromatic rings. The van der Waals surface area contributed by atoms with E-state index in [9.17, 15) is 14.7 Å². The second kappa shape index (κ2) is 7.65. The highest BCUT2D eigenvalue weighted by Crippen LogP contribution is 2.43. The molecule has 2 aliphatic rings. The normalized spacial score (nSPS) is 19.7. The number of aromatic nitrogens is 2. The van der Waals surface area contributed by atoms with Crippen LogP contribution in [0.3, 0.4) is 0 Å². The lowest BCUT2D eigenvalue weighted by Crippen LogP contribution is -2.49. The smallest absolute Gasteiger partial charge is 0.314 e. The molecule has 2 heterocycles. The Balaban J connectivity index is 1.56. The van der Waals surface area contributed by atoms with Crippen molar-refractivity contribution in [2.24, 2.45) is 0 Å². The van der Waals surface area contributed by atoms with E-state index in [0.717, 1.165) is 30.5 Å². The molecule has 1 N–H and O–H groups in total. The van der Waals surface area contributed by atoms with Crippen molar-refractivity contribution in [3.8, 4) is 0 Å². The van der Waals surface area contributed by atoms with Crippen LogP contribution in [0.25, 0.3) is 0 Å². The average Bonchev–Trinajstić information content (AvgIpc) is 3.51. The van der Waals surface area contributed by atoms with Gasteiger partial charge in [-0.05, 0) is 44.6 Å². The minimum absolute atomic E-state index is 0.00602. The van der Waals surface area contributed by atoms with Gasteiger partial charge in [0.25, 0.3) is 5.91 Å². The Morgan fingerprint density at radius 3 is 2.41 bits per heavy atom. The van der Waals surface area contributed by atoms with Crippen LogP contribution in [0.1, 0.15) is 79.5 Å². The molecule has 29 heavy (non-hydrogen) atoms. The summed E-state index contributed by atoms with van der Waals surface area (Å²) in [5.74, 6) is -0.384. The van der Waals surface area contributed by atoms with E-state index in [1.54, 1.807) is 6.20 Å². The molecule has 1 aliphatic heterocycles. The maximum Gasteiger partial charge on any atom is 0.314 e. The van der Waals surface area contributed by atoms with Crippen molar-refractivity contribution in [2.75, 3.05) is 13.1 Å². The first-order chi connectivity index (χ1) is 14.0. The number of benzene rings is 1. The molecule has 1 unspecified atom stereocenters. The molecule has 1 saturated heterocycles. The molecule has 154 valence electrons. The number of carbonyl (C=O) groups excluding carboxylic acids is 1. The predicted molar refractivity (Wildman–Crippen MR) is 110 cm³/mol. The maximum absolute atomic E-state index is 13.3. The van der Waals surface area contributed by atoms with Crippen molar-refractivity contribution >= 4 is 11.9 Å². The molecule has 1 saturated carbocycles. The summed E-state index contributed by atoms with van der Waals surface area (Å²) in [6.45, 7) is 5.15. The molecule has 1 atom stereocenters. The van der Waals surface area contributed by atoms with Gasteiger partial charge in [-0.15, -0.1) is 0 Å². The van der Waals surface area contributed by atoms with Gasteiger partial charge >= 0.3 is 5.97 Å². The van der Waals surface area contributed by atoms with E-state index >= 15 is 0 Å². The number of piperidine rings is 1. The van der Waals surface area contributed by atoms with Crippen molar-refractivity contribution in [3.63, 3.8) is 0 Å². The van der Waals surface area contributed by atoms with Crippen LogP contribution in [0, 0.1) is 0 Å². The van der Waals surface area contributed by atoms with Gasteiger partial charge in [-0.3, -0.25) is 14.3 Å². The van der Waals surface area contributed by atoms with Crippen molar-refractivity contribution in [1.82, 2.24) is 14.7 Å². The Morgan fingerprint density at radius 1 is 1.21 bits per heavy atom. The molecular formula is C23H29N3O3. The third kappa shape index (κ3) is 3.45. The van der Waals surface area contributed by atoms with Crippen LogP contribution in [0.15, 0.2) is 36.5 Å². The van der Waals surface area contributed by atoms with E-state index in [2.05, 4.69) is 18.9 Å². The third-order valence-corrected chi connectivity index (χ3v) is 6.68. The fourth-order valence-corrected chi connectivity index (χ4v) is 4.47. The lowest BCUT2D eigenvalue weighted by Gasteiger charge is -2.39. The topological polar surface area (TPSA) is 75.4 Å². The van der Waals surface area contributed by atoms with Gasteiger partial charge in [0.1, 0.15) is 0 Å². The summed E-state index contributed by atoms with van der Waals surface area (Å²) in [6.07, 6.45) is 5.76. The van der Waals surface area contributed by atoms with Gasteiger partial charge in [0.05, 0.1) is 22.9 Å². The van der Waals surface area contributed by atoms with Gasteiger partial charge < -0.3 is 10.0 Å². The Kier molecular flexibility index (Phi) is 5.19. The number of hydrogen-bond acceptors (Lipinski definition) is 3. The second-order valence-corrected chi connectivity index (χ2v) is 8.47. The highest BCUT2D eigenvalue weighted by atomic mass is 16.4. The summed E-state index contributed by atoms with van der Waals surface area (Å²) < 4.78 is 2.03. The van der Waals surface area contributed by atoms with Crippen molar-refractivity contribution in [1.29, 1.82) is 0 Å². The number of amides is 1. The van der Waals surface area contributed by atoms with Gasteiger partial charge in [0.15, 0.2) is 0 Å². The predicted octanol–water partition coefficient (Wildman–Crippen LogP) is 3.99. The number of carboxylic acids is 1. The average molecular weight is 396 g/mol. The largest absolute Gasteiger partial charge is 0.481 e. The number of likely N-dealkylation sites (tertiary alicyclic amines) is 1. The first-order valence-electron chi connectivity index (χ1n) is 10.6. The summed E-state index contributed by atoms with van der Waals surface area (Å²) in [7, 11) is 0. The zero-order valence-electron chi connectivity index (χ0n) is 17.2. The van der Waals surface area contributed by atoms with E-state index in [0.29, 0.717) is 37.4 Å². The Bertz CT molecular complexity index is 893. The molecular weight excluding hydrogens is 366 g/mol. The molecule has 6 heteroatoms. The molecule has 1 aromatic carbocycles. The number of aliphatic carboxylic acids is 1. The lowest BCUT2D eigenvalue weighted by molar-refractivity contribution is -0.145. The van der Waals surface area contributed by atoms with E-state index < -0.39 is 11.4 Å². The molecule has 6 nitrogen and oxygen atoms in total. The third-order valence-electron chi connectivity index (χ3n) is 6.68. The maximum atomic E-state index is 13.3. The van der Waals surface area contributed by atoms with Crippen molar-refractivity contribution in [3.05, 3.63) is 53.3 Å². The SMILES string of the molecule is CCC(C)n1ncc(C(=O)N2CCC(C(=O)O)(c3ccccc3)CC2)c1C1CC1. The number of rotatable bonds is 6. The number of carbonyl (C=O) groups is 2. The molecule has 1 aliphatic carbocycles. The second-order valence-electron chi connectivity index (χ2n) is 8.47. The van der Waals surface area contributed by atoms with Gasteiger partial charge in [-0.25, -0.2) is 0 Å². The standard InChI is InChI=1S/C23H29N3O3/c1-3-16(2)26-20(17-9-10-17)19(15-24-26)21(27)25-13-11-23(12-14-25,22(28)29)18-7-5-4-6-8-18/h4-8,15-17H,3,9-14H2,1-2H3,(H,28,29). The van der Waals surface area contributed by atoms with Crippen molar-refractivity contribution < 1.29 is 14.7 Å². The van der Waals surface area contributed by atoms with Crippen LogP contribution in [0.2, 0.25) is 0 Å². The van der Waals surface area contributed by atoms with Gasteiger partial charge in [0.2, 0.25) is 0 Å². The molecule has 1 amide bonds. The van der Waals surface area contributed by atoms with Crippen LogP contribution in [-0.4, -0.2) is 44.8 Å². The highest BCUT2D eigenvalue weighted by Gasteiger charge is 2.44. The Labute approximate surface area is 171 Å². The van der Waals surface area contributed by atoms with E-state index in [4.69, 9.17) is 0 Å². The van der Waals surface area contributed by atoms with Crippen LogP contribution in [0.5, 0.6) is 0 Å². The summed E-state index contributed by atoms with van der Waals surface area (Å²) >= 11 is 0. The van der Waals surface area contributed by atoms with E-state index in [1.807, 2.05) is 39.9 Å². The summed E-state index contributed by atoms with van der Waals surface area (Å²) in [6, 6.07) is 9.68. The van der Waals surface area contributed by atoms with Gasteiger partial charge in [-0.1, -0.05) is 37.3 Å². The fourth-order valence-electron chi connectivity index (χ4n) is 4.47. The number of carboxylic acid groups (broad SMARTS) is 1. The number of hydrogen-bond donors (Lipinski definition) is 1. The first-order valence-corrected chi connectivity index (χ1v) is 10.6. The van der Waals surface area contributed by atoms with Crippen LogP contribution in [-0.2, 0) is 10.2 Å². The summed E-state index contributed by atoms with van der Waals surface area (Å²) in [5.41, 5.74) is 1.68. The molecule has 0 spiro atoms. The first kappa shape index (κ1) is 19.7. The quantitative estimate of drug-likeness (QED) is 0.802.